The lowest BCUT2D eigenvalue weighted by Gasteiger charge is -2.16. The maximum absolute atomic E-state index is 11.8. The van der Waals surface area contributed by atoms with E-state index >= 15 is 0 Å². The van der Waals surface area contributed by atoms with E-state index < -0.39 is 25.9 Å². The number of unbranched alkanes of at least 4 members (excludes halogenated alkanes) is 1. The Hall–Kier alpha value is -1.10. The van der Waals surface area contributed by atoms with Gasteiger partial charge in [0.05, 0.1) is 13.2 Å². The normalized spacial score (nSPS) is 12.4. The van der Waals surface area contributed by atoms with Crippen molar-refractivity contribution in [3.8, 4) is 0 Å². The number of carbonyl (C=O) groups is 2. The number of rotatable bonds is 10. The standard InChI is InChI=1S/C17H32O4Si/c1-7-20-16(18)15(17(19)21-8-2)12-10-9-11-14(3)13-22(4,5)6/h11,15H,7-10,12-13H2,1-6H3/b14-11+. The van der Waals surface area contributed by atoms with Crippen LogP contribution in [0.4, 0.5) is 0 Å². The molecule has 0 rings (SSSR count). The lowest BCUT2D eigenvalue weighted by atomic mass is 10.0. The van der Waals surface area contributed by atoms with Crippen LogP contribution in [0.25, 0.3) is 0 Å². The van der Waals surface area contributed by atoms with Crippen molar-refractivity contribution in [3.05, 3.63) is 11.6 Å². The van der Waals surface area contributed by atoms with Gasteiger partial charge in [-0.2, -0.15) is 0 Å². The summed E-state index contributed by atoms with van der Waals surface area (Å²) in [6, 6.07) is 1.19. The molecule has 5 heteroatoms. The molecular weight excluding hydrogens is 296 g/mol. The summed E-state index contributed by atoms with van der Waals surface area (Å²) in [5.74, 6) is -1.72. The minimum Gasteiger partial charge on any atom is -0.465 e. The lowest BCUT2D eigenvalue weighted by Crippen LogP contribution is -2.28. The third kappa shape index (κ3) is 9.76. The second-order valence-corrected chi connectivity index (χ2v) is 12.3. The Bertz CT molecular complexity index is 365. The highest BCUT2D eigenvalue weighted by Gasteiger charge is 2.28. The highest BCUT2D eigenvalue weighted by Crippen LogP contribution is 2.18. The van der Waals surface area contributed by atoms with E-state index in [2.05, 4.69) is 32.6 Å². The van der Waals surface area contributed by atoms with Crippen LogP contribution in [0.1, 0.15) is 40.0 Å². The van der Waals surface area contributed by atoms with Gasteiger partial charge in [0.25, 0.3) is 0 Å². The van der Waals surface area contributed by atoms with Gasteiger partial charge < -0.3 is 9.47 Å². The van der Waals surface area contributed by atoms with Gasteiger partial charge in [-0.3, -0.25) is 9.59 Å². The molecule has 0 atom stereocenters. The van der Waals surface area contributed by atoms with Gasteiger partial charge in [0.1, 0.15) is 0 Å². The topological polar surface area (TPSA) is 52.6 Å². The van der Waals surface area contributed by atoms with Gasteiger partial charge in [-0.05, 0) is 46.1 Å². The minimum absolute atomic E-state index is 0.282. The zero-order chi connectivity index (χ0) is 17.2. The number of ether oxygens (including phenoxy) is 2. The first kappa shape index (κ1) is 20.9. The van der Waals surface area contributed by atoms with E-state index in [0.29, 0.717) is 6.42 Å². The van der Waals surface area contributed by atoms with Crippen LogP contribution in [0.5, 0.6) is 0 Å². The molecule has 0 aromatic rings. The molecule has 0 unspecified atom stereocenters. The molecule has 0 bridgehead atoms. The fourth-order valence-electron chi connectivity index (χ4n) is 2.40. The molecular formula is C17H32O4Si. The van der Waals surface area contributed by atoms with Crippen LogP contribution in [-0.2, 0) is 19.1 Å². The maximum atomic E-state index is 11.8. The molecule has 0 N–H and O–H groups in total. The van der Waals surface area contributed by atoms with Crippen molar-refractivity contribution < 1.29 is 19.1 Å². The summed E-state index contributed by atoms with van der Waals surface area (Å²) < 4.78 is 9.93. The van der Waals surface area contributed by atoms with Crippen molar-refractivity contribution in [2.24, 2.45) is 5.92 Å². The third-order valence-corrected chi connectivity index (χ3v) is 4.76. The summed E-state index contributed by atoms with van der Waals surface area (Å²) in [7, 11) is -1.08. The second kappa shape index (κ2) is 10.6. The molecule has 128 valence electrons. The predicted octanol–water partition coefficient (Wildman–Crippen LogP) is 4.18. The first-order valence-corrected chi connectivity index (χ1v) is 11.9. The van der Waals surface area contributed by atoms with E-state index in [1.165, 1.54) is 11.6 Å². The van der Waals surface area contributed by atoms with Crippen molar-refractivity contribution in [3.63, 3.8) is 0 Å². The van der Waals surface area contributed by atoms with Crippen LogP contribution in [0.15, 0.2) is 11.6 Å². The van der Waals surface area contributed by atoms with Crippen LogP contribution in [0.2, 0.25) is 25.7 Å². The molecule has 0 heterocycles. The Morgan fingerprint density at radius 1 is 1.05 bits per heavy atom. The van der Waals surface area contributed by atoms with Gasteiger partial charge in [0.2, 0.25) is 0 Å². The van der Waals surface area contributed by atoms with E-state index in [4.69, 9.17) is 9.47 Å². The molecule has 0 aliphatic carbocycles. The summed E-state index contributed by atoms with van der Waals surface area (Å²) in [6.45, 7) is 13.2. The maximum Gasteiger partial charge on any atom is 0.320 e. The van der Waals surface area contributed by atoms with Crippen LogP contribution in [0.3, 0.4) is 0 Å². The molecule has 0 amide bonds. The van der Waals surface area contributed by atoms with Crippen LogP contribution < -0.4 is 0 Å². The average molecular weight is 329 g/mol. The summed E-state index contributed by atoms with van der Waals surface area (Å²) in [6.07, 6.45) is 4.37. The Balaban J connectivity index is 4.42. The van der Waals surface area contributed by atoms with Crippen LogP contribution >= 0.6 is 0 Å². The third-order valence-electron chi connectivity index (χ3n) is 3.14. The number of esters is 2. The predicted molar refractivity (Wildman–Crippen MR) is 92.5 cm³/mol. The largest absolute Gasteiger partial charge is 0.465 e. The summed E-state index contributed by atoms with van der Waals surface area (Å²) in [5.41, 5.74) is 1.41. The SMILES string of the molecule is CCOC(=O)C(CCC/C=C(\C)C[Si](C)(C)C)C(=O)OCC. The summed E-state index contributed by atoms with van der Waals surface area (Å²) in [4.78, 5) is 23.7. The quantitative estimate of drug-likeness (QED) is 0.198. The molecule has 0 aromatic heterocycles. The Kier molecular flexibility index (Phi) is 10.1. The highest BCUT2D eigenvalue weighted by atomic mass is 28.3. The lowest BCUT2D eigenvalue weighted by molar-refractivity contribution is -0.161. The molecule has 0 fully saturated rings. The molecule has 4 nitrogen and oxygen atoms in total. The molecule has 0 aliphatic heterocycles. The highest BCUT2D eigenvalue weighted by molar-refractivity contribution is 6.76. The molecule has 0 aromatic carbocycles. The molecule has 0 aliphatic rings. The molecule has 0 spiro atoms. The summed E-state index contributed by atoms with van der Waals surface area (Å²) >= 11 is 0. The van der Waals surface area contributed by atoms with Gasteiger partial charge >= 0.3 is 11.9 Å². The first-order valence-electron chi connectivity index (χ1n) is 8.20. The van der Waals surface area contributed by atoms with Gasteiger partial charge in [0, 0.05) is 8.07 Å². The molecule has 22 heavy (non-hydrogen) atoms. The molecule has 0 saturated carbocycles. The number of hydrogen-bond donors (Lipinski definition) is 0. The smallest absolute Gasteiger partial charge is 0.320 e. The van der Waals surface area contributed by atoms with E-state index in [9.17, 15) is 9.59 Å². The van der Waals surface area contributed by atoms with Gasteiger partial charge in [0.15, 0.2) is 5.92 Å². The Morgan fingerprint density at radius 2 is 1.55 bits per heavy atom. The number of allylic oxidation sites excluding steroid dienone is 2. The molecule has 0 radical (unpaired) electrons. The van der Waals surface area contributed by atoms with E-state index in [-0.39, 0.29) is 13.2 Å². The second-order valence-electron chi connectivity index (χ2n) is 6.78. The zero-order valence-electron chi connectivity index (χ0n) is 15.0. The van der Waals surface area contributed by atoms with Crippen molar-refractivity contribution in [1.82, 2.24) is 0 Å². The molecule has 0 saturated heterocycles. The van der Waals surface area contributed by atoms with Crippen LogP contribution in [-0.4, -0.2) is 33.2 Å². The minimum atomic E-state index is -1.08. The number of hydrogen-bond acceptors (Lipinski definition) is 4. The van der Waals surface area contributed by atoms with Gasteiger partial charge in [-0.25, -0.2) is 0 Å². The van der Waals surface area contributed by atoms with Gasteiger partial charge in [-0.15, -0.1) is 0 Å². The Morgan fingerprint density at radius 3 is 1.95 bits per heavy atom. The fourth-order valence-corrected chi connectivity index (χ4v) is 4.21. The van der Waals surface area contributed by atoms with Crippen LogP contribution in [0, 0.1) is 5.92 Å². The van der Waals surface area contributed by atoms with E-state index in [1.54, 1.807) is 13.8 Å². The zero-order valence-corrected chi connectivity index (χ0v) is 16.0. The van der Waals surface area contributed by atoms with Crippen molar-refractivity contribution >= 4 is 20.0 Å². The van der Waals surface area contributed by atoms with Crippen molar-refractivity contribution in [2.75, 3.05) is 13.2 Å². The van der Waals surface area contributed by atoms with E-state index in [1.807, 2.05) is 0 Å². The first-order chi connectivity index (χ1) is 10.2. The van der Waals surface area contributed by atoms with Crippen molar-refractivity contribution in [2.45, 2.75) is 65.7 Å². The van der Waals surface area contributed by atoms with E-state index in [0.717, 1.165) is 12.8 Å². The van der Waals surface area contributed by atoms with Gasteiger partial charge in [-0.1, -0.05) is 31.3 Å². The fraction of sp³-hybridized carbons (Fsp3) is 0.765. The van der Waals surface area contributed by atoms with Crippen molar-refractivity contribution in [1.29, 1.82) is 0 Å². The number of carbonyl (C=O) groups excluding carboxylic acids is 2. The average Bonchev–Trinajstić information content (AvgIpc) is 2.36. The monoisotopic (exact) mass is 328 g/mol. The Labute approximate surface area is 136 Å². The summed E-state index contributed by atoms with van der Waals surface area (Å²) in [5, 5.41) is 0.